The summed E-state index contributed by atoms with van der Waals surface area (Å²) in [6.07, 6.45) is 2.02. The van der Waals surface area contributed by atoms with E-state index < -0.39 is 0 Å². The number of rotatable bonds is 6. The number of hydrogen-bond donors (Lipinski definition) is 2. The molecule has 0 aliphatic carbocycles. The zero-order chi connectivity index (χ0) is 23.2. The second-order valence-corrected chi connectivity index (χ2v) is 9.38. The maximum Gasteiger partial charge on any atom is 0.151 e. The molecule has 32 heavy (non-hydrogen) atoms. The summed E-state index contributed by atoms with van der Waals surface area (Å²) in [5, 5.41) is 7.78. The lowest BCUT2D eigenvalue weighted by molar-refractivity contribution is 0.387. The zero-order valence-corrected chi connectivity index (χ0v) is 20.3. The minimum atomic E-state index is 0.314. The SMILES string of the molecule is C=Nn1cc(-c2[nH]c3ccc(N4CC(NC(C)C)C4)nc3c2C(C)C)c(C)c(C)c1=NC. The second kappa shape index (κ2) is 8.54. The number of aromatic amines is 1. The first-order chi connectivity index (χ1) is 15.2. The van der Waals surface area contributed by atoms with E-state index in [9.17, 15) is 0 Å². The summed E-state index contributed by atoms with van der Waals surface area (Å²) in [6, 6.07) is 5.33. The third kappa shape index (κ3) is 3.75. The van der Waals surface area contributed by atoms with Gasteiger partial charge in [-0.25, -0.2) is 9.66 Å². The lowest BCUT2D eigenvalue weighted by Crippen LogP contribution is -2.59. The molecule has 0 aromatic carbocycles. The average Bonchev–Trinajstić information content (AvgIpc) is 3.10. The Morgan fingerprint density at radius 3 is 2.47 bits per heavy atom. The Morgan fingerprint density at radius 1 is 1.16 bits per heavy atom. The second-order valence-electron chi connectivity index (χ2n) is 9.38. The molecule has 7 heteroatoms. The number of H-pyrrole nitrogens is 1. The third-order valence-electron chi connectivity index (χ3n) is 6.42. The van der Waals surface area contributed by atoms with Gasteiger partial charge in [0.2, 0.25) is 0 Å². The molecule has 3 aromatic rings. The van der Waals surface area contributed by atoms with Crippen LogP contribution < -0.4 is 15.7 Å². The van der Waals surface area contributed by atoms with Crippen LogP contribution in [0, 0.1) is 13.8 Å². The highest BCUT2D eigenvalue weighted by molar-refractivity contribution is 5.90. The summed E-state index contributed by atoms with van der Waals surface area (Å²) in [5.41, 5.74) is 8.66. The molecular formula is C25H35N7. The molecule has 4 rings (SSSR count). The molecule has 170 valence electrons. The standard InChI is InChI=1S/C25H35N7/c1-14(2)22-23(19-13-32(27-8)25(26-7)17(6)16(19)5)29-20-9-10-21(30-24(20)22)31-11-18(12-31)28-15(3)4/h9-10,13-15,18,28-29H,8,11-12H2,1-7H3. The fourth-order valence-electron chi connectivity index (χ4n) is 4.72. The number of nitrogens with one attached hydrogen (secondary N) is 2. The monoisotopic (exact) mass is 433 g/mol. The molecule has 0 bridgehead atoms. The predicted octanol–water partition coefficient (Wildman–Crippen LogP) is 3.95. The van der Waals surface area contributed by atoms with Crippen LogP contribution >= 0.6 is 0 Å². The van der Waals surface area contributed by atoms with Gasteiger partial charge in [-0.2, -0.15) is 5.10 Å². The van der Waals surface area contributed by atoms with Gasteiger partial charge in [-0.3, -0.25) is 4.99 Å². The van der Waals surface area contributed by atoms with Crippen LogP contribution in [0.5, 0.6) is 0 Å². The van der Waals surface area contributed by atoms with Crippen molar-refractivity contribution in [3.63, 3.8) is 0 Å². The fraction of sp³-hybridized carbons (Fsp3) is 0.480. The summed E-state index contributed by atoms with van der Waals surface area (Å²) >= 11 is 0. The van der Waals surface area contributed by atoms with Gasteiger partial charge < -0.3 is 15.2 Å². The molecule has 1 fully saturated rings. The molecule has 1 aliphatic heterocycles. The van der Waals surface area contributed by atoms with Crippen LogP contribution in [0.1, 0.15) is 50.3 Å². The molecule has 0 unspecified atom stereocenters. The van der Waals surface area contributed by atoms with Gasteiger partial charge in [0.1, 0.15) is 5.82 Å². The quantitative estimate of drug-likeness (QED) is 0.578. The van der Waals surface area contributed by atoms with Gasteiger partial charge in [0.05, 0.1) is 16.7 Å². The summed E-state index contributed by atoms with van der Waals surface area (Å²) in [5.74, 6) is 1.36. The van der Waals surface area contributed by atoms with Crippen LogP contribution in [-0.4, -0.2) is 53.6 Å². The molecule has 2 N–H and O–H groups in total. The van der Waals surface area contributed by atoms with Crippen molar-refractivity contribution in [3.8, 4) is 11.3 Å². The summed E-state index contributed by atoms with van der Waals surface area (Å²) < 4.78 is 1.76. The van der Waals surface area contributed by atoms with Crippen LogP contribution in [0.2, 0.25) is 0 Å². The van der Waals surface area contributed by atoms with Crippen molar-refractivity contribution in [1.29, 1.82) is 0 Å². The van der Waals surface area contributed by atoms with E-state index in [1.165, 1.54) is 11.1 Å². The molecule has 0 saturated carbocycles. The van der Waals surface area contributed by atoms with E-state index >= 15 is 0 Å². The summed E-state index contributed by atoms with van der Waals surface area (Å²) in [6.45, 7) is 18.8. The van der Waals surface area contributed by atoms with E-state index in [-0.39, 0.29) is 0 Å². The topological polar surface area (TPSA) is 73.6 Å². The lowest BCUT2D eigenvalue weighted by atomic mass is 9.95. The Bertz CT molecular complexity index is 1220. The van der Waals surface area contributed by atoms with Crippen LogP contribution in [0.15, 0.2) is 28.4 Å². The largest absolute Gasteiger partial charge is 0.353 e. The van der Waals surface area contributed by atoms with E-state index in [1.54, 1.807) is 11.7 Å². The van der Waals surface area contributed by atoms with Gasteiger partial charge in [-0.1, -0.05) is 27.7 Å². The van der Waals surface area contributed by atoms with Crippen molar-refractivity contribution in [1.82, 2.24) is 20.0 Å². The average molecular weight is 434 g/mol. The third-order valence-corrected chi connectivity index (χ3v) is 6.42. The number of fused-ring (bicyclic) bond motifs is 1. The van der Waals surface area contributed by atoms with Gasteiger partial charge in [-0.15, -0.1) is 0 Å². The molecule has 1 aliphatic rings. The van der Waals surface area contributed by atoms with E-state index in [0.29, 0.717) is 18.0 Å². The van der Waals surface area contributed by atoms with Crippen molar-refractivity contribution < 1.29 is 0 Å². The predicted molar refractivity (Wildman–Crippen MR) is 134 cm³/mol. The molecule has 0 radical (unpaired) electrons. The van der Waals surface area contributed by atoms with Crippen molar-refractivity contribution in [2.24, 2.45) is 10.1 Å². The first kappa shape index (κ1) is 22.3. The van der Waals surface area contributed by atoms with Gasteiger partial charge >= 0.3 is 0 Å². The van der Waals surface area contributed by atoms with Crippen molar-refractivity contribution >= 4 is 23.6 Å². The van der Waals surface area contributed by atoms with Crippen molar-refractivity contribution in [3.05, 3.63) is 40.5 Å². The summed E-state index contributed by atoms with van der Waals surface area (Å²) in [7, 11) is 1.79. The highest BCUT2D eigenvalue weighted by atomic mass is 15.3. The molecular weight excluding hydrogens is 398 g/mol. The number of pyridine rings is 2. The molecule has 7 nitrogen and oxygen atoms in total. The van der Waals surface area contributed by atoms with E-state index in [0.717, 1.165) is 52.2 Å². The number of nitrogens with zero attached hydrogens (tertiary/aromatic N) is 5. The first-order valence-corrected chi connectivity index (χ1v) is 11.4. The molecule has 3 aromatic heterocycles. The van der Waals surface area contributed by atoms with E-state index in [4.69, 9.17) is 4.98 Å². The van der Waals surface area contributed by atoms with Gasteiger partial charge in [0, 0.05) is 56.3 Å². The molecule has 0 spiro atoms. The Hall–Kier alpha value is -2.93. The number of hydrogen-bond acceptors (Lipinski definition) is 5. The Balaban J connectivity index is 1.82. The molecule has 1 saturated heterocycles. The maximum atomic E-state index is 5.11. The maximum absolute atomic E-state index is 5.11. The fourth-order valence-corrected chi connectivity index (χ4v) is 4.72. The lowest BCUT2D eigenvalue weighted by Gasteiger charge is -2.41. The van der Waals surface area contributed by atoms with Gasteiger partial charge in [0.15, 0.2) is 5.49 Å². The van der Waals surface area contributed by atoms with Crippen LogP contribution in [-0.2, 0) is 0 Å². The van der Waals surface area contributed by atoms with Crippen molar-refractivity contribution in [2.75, 3.05) is 25.0 Å². The van der Waals surface area contributed by atoms with E-state index in [2.05, 4.69) is 85.7 Å². The summed E-state index contributed by atoms with van der Waals surface area (Å²) in [4.78, 5) is 15.5. The number of aromatic nitrogens is 3. The molecule has 4 heterocycles. The Morgan fingerprint density at radius 2 is 1.88 bits per heavy atom. The highest BCUT2D eigenvalue weighted by Gasteiger charge is 2.29. The van der Waals surface area contributed by atoms with Crippen molar-refractivity contribution in [2.45, 2.75) is 59.5 Å². The van der Waals surface area contributed by atoms with Gasteiger partial charge in [0.25, 0.3) is 0 Å². The smallest absolute Gasteiger partial charge is 0.151 e. The highest BCUT2D eigenvalue weighted by Crippen LogP contribution is 2.37. The Kier molecular flexibility index (Phi) is 5.95. The minimum Gasteiger partial charge on any atom is -0.353 e. The Labute approximate surface area is 190 Å². The van der Waals surface area contributed by atoms with Gasteiger partial charge in [-0.05, 0) is 43.0 Å². The van der Waals surface area contributed by atoms with E-state index in [1.807, 2.05) is 6.20 Å². The molecule has 0 atom stereocenters. The number of anilines is 1. The zero-order valence-electron chi connectivity index (χ0n) is 20.3. The first-order valence-electron chi connectivity index (χ1n) is 11.4. The minimum absolute atomic E-state index is 0.314. The molecule has 0 amide bonds. The van der Waals surface area contributed by atoms with Crippen LogP contribution in [0.4, 0.5) is 5.82 Å². The van der Waals surface area contributed by atoms with Crippen LogP contribution in [0.25, 0.3) is 22.3 Å². The normalized spacial score (nSPS) is 15.3. The van der Waals surface area contributed by atoms with Crippen LogP contribution in [0.3, 0.4) is 0 Å².